The molecule has 1 aromatic heterocycles. The van der Waals surface area contributed by atoms with Crippen LogP contribution in [0.2, 0.25) is 5.02 Å². The summed E-state index contributed by atoms with van der Waals surface area (Å²) in [5.74, 6) is -2.34. The molecule has 1 unspecified atom stereocenters. The topological polar surface area (TPSA) is 81.2 Å². The predicted molar refractivity (Wildman–Crippen MR) is 102 cm³/mol. The van der Waals surface area contributed by atoms with Gasteiger partial charge in [-0.3, -0.25) is 4.72 Å². The molecule has 1 atom stereocenters. The maximum atomic E-state index is 13.7. The monoisotopic (exact) mass is 445 g/mol. The molecule has 148 valence electrons. The van der Waals surface area contributed by atoms with Crippen LogP contribution in [0, 0.1) is 18.6 Å². The first-order valence-electron chi connectivity index (χ1n) is 7.91. The molecule has 1 N–H and O–H groups in total. The van der Waals surface area contributed by atoms with Gasteiger partial charge in [-0.2, -0.15) is 13.7 Å². The van der Waals surface area contributed by atoms with E-state index >= 15 is 0 Å². The SMILES string of the molecule is Cc1c(Cl)cccc1S(=O)(=O)Nc1nc(C(C)Oc2cccc(F)c2F)ns1. The van der Waals surface area contributed by atoms with Crippen molar-refractivity contribution in [1.82, 2.24) is 9.36 Å². The molecule has 1 heterocycles. The highest BCUT2D eigenvalue weighted by Gasteiger charge is 2.22. The van der Waals surface area contributed by atoms with E-state index in [4.69, 9.17) is 16.3 Å². The van der Waals surface area contributed by atoms with E-state index in [1.165, 1.54) is 31.2 Å². The number of anilines is 1. The van der Waals surface area contributed by atoms with Crippen molar-refractivity contribution in [2.75, 3.05) is 4.72 Å². The van der Waals surface area contributed by atoms with Gasteiger partial charge in [0.1, 0.15) is 0 Å². The number of rotatable bonds is 6. The summed E-state index contributed by atoms with van der Waals surface area (Å²) in [6.45, 7) is 3.12. The number of ether oxygens (including phenoxy) is 1. The standard InChI is InChI=1S/C17H14ClF2N3O3S2/c1-9-11(18)5-3-8-14(9)28(24,25)23-17-21-16(22-27-17)10(2)26-13-7-4-6-12(19)15(13)20/h3-8,10H,1-2H3,(H,21,22,23). The van der Waals surface area contributed by atoms with Gasteiger partial charge in [0.15, 0.2) is 23.5 Å². The zero-order valence-corrected chi connectivity index (χ0v) is 17.0. The van der Waals surface area contributed by atoms with Crippen molar-refractivity contribution in [3.05, 3.63) is 64.4 Å². The number of nitrogens with zero attached hydrogens (tertiary/aromatic N) is 2. The Bertz CT molecular complexity index is 1120. The summed E-state index contributed by atoms with van der Waals surface area (Å²) in [7, 11) is -3.93. The Morgan fingerprint density at radius 3 is 2.68 bits per heavy atom. The van der Waals surface area contributed by atoms with Gasteiger partial charge in [0.2, 0.25) is 10.9 Å². The molecule has 6 nitrogen and oxygen atoms in total. The molecule has 2 aromatic carbocycles. The molecular formula is C17H14ClF2N3O3S2. The zero-order chi connectivity index (χ0) is 20.5. The fourth-order valence-electron chi connectivity index (χ4n) is 2.31. The molecule has 0 bridgehead atoms. The Balaban J connectivity index is 1.78. The average Bonchev–Trinajstić information content (AvgIpc) is 3.09. The van der Waals surface area contributed by atoms with Gasteiger partial charge in [0.05, 0.1) is 4.90 Å². The van der Waals surface area contributed by atoms with Crippen LogP contribution in [0.1, 0.15) is 24.4 Å². The van der Waals surface area contributed by atoms with Crippen molar-refractivity contribution < 1.29 is 21.9 Å². The Kier molecular flexibility index (Phi) is 5.82. The second-order valence-electron chi connectivity index (χ2n) is 5.74. The molecule has 11 heteroatoms. The average molecular weight is 446 g/mol. The molecule has 0 saturated carbocycles. The van der Waals surface area contributed by atoms with E-state index < -0.39 is 27.8 Å². The summed E-state index contributed by atoms with van der Waals surface area (Å²) in [6.07, 6.45) is -0.835. The molecule has 0 spiro atoms. The molecule has 28 heavy (non-hydrogen) atoms. The van der Waals surface area contributed by atoms with Crippen LogP contribution in [-0.2, 0) is 10.0 Å². The highest BCUT2D eigenvalue weighted by atomic mass is 35.5. The van der Waals surface area contributed by atoms with E-state index in [9.17, 15) is 17.2 Å². The number of benzene rings is 2. The quantitative estimate of drug-likeness (QED) is 0.593. The number of hydrogen-bond donors (Lipinski definition) is 1. The largest absolute Gasteiger partial charge is 0.479 e. The number of hydrogen-bond acceptors (Lipinski definition) is 6. The van der Waals surface area contributed by atoms with Crippen molar-refractivity contribution in [1.29, 1.82) is 0 Å². The van der Waals surface area contributed by atoms with Crippen LogP contribution in [0.3, 0.4) is 0 Å². The molecule has 0 fully saturated rings. The molecule has 0 aliphatic carbocycles. The Morgan fingerprint density at radius 2 is 1.93 bits per heavy atom. The van der Waals surface area contributed by atoms with Crippen LogP contribution in [0.5, 0.6) is 5.75 Å². The molecule has 0 amide bonds. The lowest BCUT2D eigenvalue weighted by atomic mass is 10.2. The van der Waals surface area contributed by atoms with Gasteiger partial charge in [-0.15, -0.1) is 0 Å². The van der Waals surface area contributed by atoms with Gasteiger partial charge in [0.25, 0.3) is 10.0 Å². The van der Waals surface area contributed by atoms with E-state index in [1.807, 2.05) is 0 Å². The third kappa shape index (κ3) is 4.23. The number of sulfonamides is 1. The molecule has 0 aliphatic heterocycles. The fourth-order valence-corrected chi connectivity index (χ4v) is 4.68. The van der Waals surface area contributed by atoms with Gasteiger partial charge in [-0.05, 0) is 43.7 Å². The second kappa shape index (κ2) is 7.98. The minimum absolute atomic E-state index is 0.00420. The van der Waals surface area contributed by atoms with E-state index in [2.05, 4.69) is 14.1 Å². The lowest BCUT2D eigenvalue weighted by Gasteiger charge is -2.12. The predicted octanol–water partition coefficient (Wildman–Crippen LogP) is 4.72. The summed E-state index contributed by atoms with van der Waals surface area (Å²) in [4.78, 5) is 4.08. The number of aromatic nitrogens is 2. The van der Waals surface area contributed by atoms with E-state index in [1.54, 1.807) is 13.0 Å². The van der Waals surface area contributed by atoms with Crippen molar-refractivity contribution in [2.24, 2.45) is 0 Å². The first-order valence-corrected chi connectivity index (χ1v) is 10.5. The first-order chi connectivity index (χ1) is 13.2. The lowest BCUT2D eigenvalue weighted by molar-refractivity contribution is 0.205. The highest BCUT2D eigenvalue weighted by Crippen LogP contribution is 2.28. The van der Waals surface area contributed by atoms with Gasteiger partial charge in [-0.1, -0.05) is 23.7 Å². The molecule has 3 aromatic rings. The van der Waals surface area contributed by atoms with Crippen molar-refractivity contribution >= 4 is 38.3 Å². The van der Waals surface area contributed by atoms with Gasteiger partial charge in [0, 0.05) is 16.6 Å². The maximum Gasteiger partial charge on any atom is 0.264 e. The lowest BCUT2D eigenvalue weighted by Crippen LogP contribution is -2.14. The van der Waals surface area contributed by atoms with E-state index in [-0.39, 0.29) is 21.6 Å². The van der Waals surface area contributed by atoms with Gasteiger partial charge < -0.3 is 4.74 Å². The van der Waals surface area contributed by atoms with E-state index in [0.717, 1.165) is 17.6 Å². The summed E-state index contributed by atoms with van der Waals surface area (Å²) < 4.78 is 63.8. The van der Waals surface area contributed by atoms with E-state index in [0.29, 0.717) is 10.6 Å². The minimum Gasteiger partial charge on any atom is -0.479 e. The minimum atomic E-state index is -3.93. The summed E-state index contributed by atoms with van der Waals surface area (Å²) in [5, 5.41) is 0.324. The summed E-state index contributed by atoms with van der Waals surface area (Å²) in [5.41, 5.74) is 0.402. The smallest absolute Gasteiger partial charge is 0.264 e. The first kappa shape index (κ1) is 20.4. The van der Waals surface area contributed by atoms with Crippen LogP contribution in [0.4, 0.5) is 13.9 Å². The molecule has 0 saturated heterocycles. The highest BCUT2D eigenvalue weighted by molar-refractivity contribution is 7.93. The Morgan fingerprint density at radius 1 is 1.21 bits per heavy atom. The van der Waals surface area contributed by atoms with Crippen LogP contribution in [0.15, 0.2) is 41.3 Å². The number of nitrogens with one attached hydrogen (secondary N) is 1. The van der Waals surface area contributed by atoms with Crippen molar-refractivity contribution in [3.63, 3.8) is 0 Å². The fraction of sp³-hybridized carbons (Fsp3) is 0.176. The van der Waals surface area contributed by atoms with Gasteiger partial charge >= 0.3 is 0 Å². The third-order valence-corrected chi connectivity index (χ3v) is 6.42. The second-order valence-corrected chi connectivity index (χ2v) is 8.55. The van der Waals surface area contributed by atoms with Crippen LogP contribution in [0.25, 0.3) is 0 Å². The van der Waals surface area contributed by atoms with Crippen LogP contribution >= 0.6 is 23.1 Å². The zero-order valence-electron chi connectivity index (χ0n) is 14.6. The van der Waals surface area contributed by atoms with Crippen molar-refractivity contribution in [2.45, 2.75) is 24.8 Å². The molecule has 3 rings (SSSR count). The van der Waals surface area contributed by atoms with Gasteiger partial charge in [-0.25, -0.2) is 12.8 Å². The Hall–Kier alpha value is -2.30. The molecule has 0 aliphatic rings. The van der Waals surface area contributed by atoms with Crippen LogP contribution < -0.4 is 9.46 Å². The molecular weight excluding hydrogens is 432 g/mol. The summed E-state index contributed by atoms with van der Waals surface area (Å²) in [6, 6.07) is 8.08. The van der Waals surface area contributed by atoms with Crippen LogP contribution in [-0.4, -0.2) is 17.8 Å². The Labute approximate surface area is 169 Å². The normalized spacial score (nSPS) is 12.6. The van der Waals surface area contributed by atoms with Crippen molar-refractivity contribution in [3.8, 4) is 5.75 Å². The maximum absolute atomic E-state index is 13.7. The molecule has 0 radical (unpaired) electrons. The third-order valence-electron chi connectivity index (χ3n) is 3.75. The summed E-state index contributed by atoms with van der Waals surface area (Å²) >= 11 is 6.77. The number of halogens is 3.